The number of aromatic amines is 1. The van der Waals surface area contributed by atoms with Crippen molar-refractivity contribution in [1.82, 2.24) is 14.8 Å². The van der Waals surface area contributed by atoms with Crippen LogP contribution in [0.4, 0.5) is 0 Å². The van der Waals surface area contributed by atoms with Gasteiger partial charge in [0, 0.05) is 17.1 Å². The maximum absolute atomic E-state index is 11.4. The second kappa shape index (κ2) is 4.53. The highest BCUT2D eigenvalue weighted by molar-refractivity contribution is 9.09. The largest absolute Gasteiger partial charge is 0.344 e. The summed E-state index contributed by atoms with van der Waals surface area (Å²) in [6, 6.07) is 0.410. The minimum atomic E-state index is -0.0613. The van der Waals surface area contributed by atoms with E-state index in [2.05, 4.69) is 26.1 Å². The number of alkyl halides is 1. The fourth-order valence-corrected chi connectivity index (χ4v) is 2.87. The van der Waals surface area contributed by atoms with Gasteiger partial charge in [-0.2, -0.15) is 0 Å². The molecule has 1 aliphatic rings. The summed E-state index contributed by atoms with van der Waals surface area (Å²) in [5, 5.41) is 8.38. The quantitative estimate of drug-likeness (QED) is 0.507. The van der Waals surface area contributed by atoms with Crippen LogP contribution in [0, 0.1) is 0 Å². The van der Waals surface area contributed by atoms with Gasteiger partial charge in [-0.05, 0) is 19.3 Å². The Morgan fingerprint density at radius 3 is 3.07 bits per heavy atom. The van der Waals surface area contributed by atoms with Crippen LogP contribution in [-0.2, 0) is 0 Å². The van der Waals surface area contributed by atoms with Gasteiger partial charge in [0.2, 0.25) is 0 Å². The van der Waals surface area contributed by atoms with Crippen molar-refractivity contribution in [3.8, 4) is 0 Å². The average Bonchev–Trinajstić information content (AvgIpc) is 2.93. The van der Waals surface area contributed by atoms with Gasteiger partial charge in [0.05, 0.1) is 0 Å². The molecule has 78 valence electrons. The van der Waals surface area contributed by atoms with Gasteiger partial charge in [0.15, 0.2) is 5.16 Å². The first-order chi connectivity index (χ1) is 6.83. The maximum atomic E-state index is 11.4. The van der Waals surface area contributed by atoms with Gasteiger partial charge in [-0.3, -0.25) is 4.57 Å². The summed E-state index contributed by atoms with van der Waals surface area (Å²) in [6.07, 6.45) is 3.33. The molecule has 0 bridgehead atoms. The van der Waals surface area contributed by atoms with Crippen LogP contribution in [0.5, 0.6) is 0 Å². The first kappa shape index (κ1) is 10.3. The molecule has 0 saturated heterocycles. The van der Waals surface area contributed by atoms with Crippen molar-refractivity contribution >= 4 is 27.7 Å². The highest BCUT2D eigenvalue weighted by Gasteiger charge is 2.28. The van der Waals surface area contributed by atoms with Gasteiger partial charge in [-0.15, -0.1) is 5.10 Å². The van der Waals surface area contributed by atoms with Crippen LogP contribution in [0.25, 0.3) is 0 Å². The van der Waals surface area contributed by atoms with E-state index in [0.717, 1.165) is 35.5 Å². The summed E-state index contributed by atoms with van der Waals surface area (Å²) in [4.78, 5) is 11.4. The first-order valence-corrected chi connectivity index (χ1v) is 6.79. The number of halogens is 1. The second-order valence-corrected chi connectivity index (χ2v) is 5.16. The Morgan fingerprint density at radius 2 is 2.43 bits per heavy atom. The maximum Gasteiger partial charge on any atom is 0.344 e. The molecule has 6 heteroatoms. The van der Waals surface area contributed by atoms with Gasteiger partial charge in [-0.1, -0.05) is 27.7 Å². The Bertz CT molecular complexity index is 358. The molecule has 0 atom stereocenters. The van der Waals surface area contributed by atoms with Crippen LogP contribution in [0.2, 0.25) is 0 Å². The van der Waals surface area contributed by atoms with E-state index in [4.69, 9.17) is 0 Å². The molecule has 1 aromatic heterocycles. The number of nitrogens with zero attached hydrogens (tertiary/aromatic N) is 2. The molecule has 1 N–H and O–H groups in total. The third kappa shape index (κ3) is 2.23. The number of hydrogen-bond donors (Lipinski definition) is 1. The number of nitrogens with one attached hydrogen (secondary N) is 1. The molecule has 0 aliphatic heterocycles. The number of thioether (sulfide) groups is 1. The molecule has 0 spiro atoms. The third-order valence-electron chi connectivity index (χ3n) is 2.09. The molecule has 1 heterocycles. The normalized spacial score (nSPS) is 16.1. The van der Waals surface area contributed by atoms with Crippen LogP contribution < -0.4 is 5.69 Å². The van der Waals surface area contributed by atoms with Crippen molar-refractivity contribution in [3.05, 3.63) is 10.5 Å². The lowest BCUT2D eigenvalue weighted by Gasteiger charge is -2.01. The zero-order chi connectivity index (χ0) is 9.97. The second-order valence-electron chi connectivity index (χ2n) is 3.30. The summed E-state index contributed by atoms with van der Waals surface area (Å²) in [7, 11) is 0. The smallest absolute Gasteiger partial charge is 0.267 e. The van der Waals surface area contributed by atoms with E-state index < -0.39 is 0 Å². The van der Waals surface area contributed by atoms with Crippen LogP contribution in [-0.4, -0.2) is 25.8 Å². The van der Waals surface area contributed by atoms with E-state index in [9.17, 15) is 4.79 Å². The van der Waals surface area contributed by atoms with Crippen LogP contribution in [0.15, 0.2) is 9.95 Å². The molecule has 0 aromatic carbocycles. The molecular formula is C8H12BrN3OS. The van der Waals surface area contributed by atoms with Crippen molar-refractivity contribution in [2.24, 2.45) is 0 Å². The topological polar surface area (TPSA) is 50.7 Å². The number of aromatic nitrogens is 3. The fourth-order valence-electron chi connectivity index (χ4n) is 1.26. The van der Waals surface area contributed by atoms with Crippen LogP contribution >= 0.6 is 27.7 Å². The summed E-state index contributed by atoms with van der Waals surface area (Å²) in [5.74, 6) is 1.00. The molecule has 1 aliphatic carbocycles. The molecule has 4 nitrogen and oxygen atoms in total. The van der Waals surface area contributed by atoms with Crippen molar-refractivity contribution in [3.63, 3.8) is 0 Å². The third-order valence-corrected chi connectivity index (χ3v) is 3.69. The highest BCUT2D eigenvalue weighted by Crippen LogP contribution is 2.36. The van der Waals surface area contributed by atoms with Crippen molar-refractivity contribution in [2.75, 3.05) is 11.1 Å². The first-order valence-electron chi connectivity index (χ1n) is 4.68. The number of H-pyrrole nitrogens is 1. The lowest BCUT2D eigenvalue weighted by Crippen LogP contribution is -2.16. The zero-order valence-corrected chi connectivity index (χ0v) is 10.1. The molecule has 0 amide bonds. The summed E-state index contributed by atoms with van der Waals surface area (Å²) in [6.45, 7) is 0. The highest BCUT2D eigenvalue weighted by atomic mass is 79.9. The van der Waals surface area contributed by atoms with Gasteiger partial charge in [-0.25, -0.2) is 9.89 Å². The van der Waals surface area contributed by atoms with Gasteiger partial charge >= 0.3 is 5.69 Å². The van der Waals surface area contributed by atoms with E-state index >= 15 is 0 Å². The molecule has 1 saturated carbocycles. The lowest BCUT2D eigenvalue weighted by atomic mass is 10.6. The molecule has 14 heavy (non-hydrogen) atoms. The molecule has 0 unspecified atom stereocenters. The van der Waals surface area contributed by atoms with Crippen molar-refractivity contribution in [1.29, 1.82) is 0 Å². The monoisotopic (exact) mass is 277 g/mol. The molecule has 2 rings (SSSR count). The summed E-state index contributed by atoms with van der Waals surface area (Å²) >= 11 is 5.03. The Labute approximate surface area is 94.6 Å². The minimum Gasteiger partial charge on any atom is -0.267 e. The van der Waals surface area contributed by atoms with E-state index in [1.807, 2.05) is 0 Å². The van der Waals surface area contributed by atoms with E-state index in [0.29, 0.717) is 6.04 Å². The standard InChI is InChI=1S/C8H12BrN3OS/c9-4-1-5-14-8-11-10-7(13)12(8)6-2-3-6/h6H,1-5H2,(H,10,13). The summed E-state index contributed by atoms with van der Waals surface area (Å²) < 4.78 is 1.79. The number of rotatable bonds is 5. The number of hydrogen-bond acceptors (Lipinski definition) is 3. The van der Waals surface area contributed by atoms with Crippen LogP contribution in [0.1, 0.15) is 25.3 Å². The van der Waals surface area contributed by atoms with Gasteiger partial charge in [0.1, 0.15) is 0 Å². The predicted molar refractivity (Wildman–Crippen MR) is 60.3 cm³/mol. The minimum absolute atomic E-state index is 0.0613. The Hall–Kier alpha value is -0.230. The average molecular weight is 278 g/mol. The lowest BCUT2D eigenvalue weighted by molar-refractivity contribution is 0.642. The Balaban J connectivity index is 2.05. The molecule has 0 radical (unpaired) electrons. The van der Waals surface area contributed by atoms with E-state index in [1.54, 1.807) is 16.3 Å². The fraction of sp³-hybridized carbons (Fsp3) is 0.750. The van der Waals surface area contributed by atoms with Crippen LogP contribution in [0.3, 0.4) is 0 Å². The van der Waals surface area contributed by atoms with Crippen molar-refractivity contribution < 1.29 is 0 Å². The Morgan fingerprint density at radius 1 is 1.64 bits per heavy atom. The van der Waals surface area contributed by atoms with Gasteiger partial charge < -0.3 is 0 Å². The van der Waals surface area contributed by atoms with Gasteiger partial charge in [0.25, 0.3) is 0 Å². The Kier molecular flexibility index (Phi) is 3.33. The zero-order valence-electron chi connectivity index (χ0n) is 7.70. The van der Waals surface area contributed by atoms with E-state index in [1.165, 1.54) is 0 Å². The summed E-state index contributed by atoms with van der Waals surface area (Å²) in [5.41, 5.74) is -0.0613. The predicted octanol–water partition coefficient (Wildman–Crippen LogP) is 1.78. The molecular weight excluding hydrogens is 266 g/mol. The van der Waals surface area contributed by atoms with Crippen molar-refractivity contribution in [2.45, 2.75) is 30.5 Å². The van der Waals surface area contributed by atoms with E-state index in [-0.39, 0.29) is 5.69 Å². The molecule has 1 aromatic rings. The molecule has 1 fully saturated rings. The SMILES string of the molecule is O=c1[nH]nc(SCCCBr)n1C1CC1.